The molecule has 0 amide bonds. The van der Waals surface area contributed by atoms with Crippen LogP contribution in [0.2, 0.25) is 0 Å². The van der Waals surface area contributed by atoms with Crippen LogP contribution in [0.25, 0.3) is 10.9 Å². The van der Waals surface area contributed by atoms with Gasteiger partial charge in [-0.05, 0) is 52.1 Å². The van der Waals surface area contributed by atoms with Gasteiger partial charge < -0.3 is 19.1 Å². The first kappa shape index (κ1) is 23.7. The van der Waals surface area contributed by atoms with Crippen LogP contribution < -0.4 is 4.74 Å². The molecule has 172 valence electrons. The summed E-state index contributed by atoms with van der Waals surface area (Å²) in [5.41, 5.74) is 0.913. The first-order valence-corrected chi connectivity index (χ1v) is 11.4. The van der Waals surface area contributed by atoms with Crippen molar-refractivity contribution in [2.45, 2.75) is 20.3 Å². The molecule has 0 radical (unpaired) electrons. The predicted molar refractivity (Wildman–Crippen MR) is 119 cm³/mol. The van der Waals surface area contributed by atoms with Crippen LogP contribution in [0.1, 0.15) is 19.4 Å². The zero-order chi connectivity index (χ0) is 22.6. The third-order valence-corrected chi connectivity index (χ3v) is 6.22. The van der Waals surface area contributed by atoms with E-state index in [4.69, 9.17) is 18.4 Å². The van der Waals surface area contributed by atoms with Crippen molar-refractivity contribution in [3.8, 4) is 5.75 Å². The fourth-order valence-corrected chi connectivity index (χ4v) is 4.16. The molecule has 1 fully saturated rings. The number of hydrogen-bond donors (Lipinski definition) is 0. The second kappa shape index (κ2) is 10.1. The molecule has 0 bridgehead atoms. The van der Waals surface area contributed by atoms with Crippen molar-refractivity contribution in [1.82, 2.24) is 8.87 Å². The number of likely N-dealkylation sites (N-methyl/N-ethyl adjacent to an activating group) is 1. The van der Waals surface area contributed by atoms with Crippen LogP contribution >= 0.6 is 0 Å². The number of rotatable bonds is 11. The average molecular weight is 453 g/mol. The Morgan fingerprint density at radius 3 is 2.68 bits per heavy atom. The maximum Gasteiger partial charge on any atom is 0.313 e. The van der Waals surface area contributed by atoms with Gasteiger partial charge in [0.2, 0.25) is 0 Å². The number of carbonyl (C=O) groups is 1. The van der Waals surface area contributed by atoms with Crippen molar-refractivity contribution in [3.63, 3.8) is 0 Å². The summed E-state index contributed by atoms with van der Waals surface area (Å²) in [5, 5.41) is 1.00. The molecule has 0 aliphatic carbocycles. The minimum atomic E-state index is -1.81. The minimum Gasteiger partial charge on any atom is -0.497 e. The molecule has 3 rings (SSSR count). The SMILES string of the molecule is COc1ccc2c(CCN(C)C)cn(S(=O)OCC(C)(C)C(=O)OCC3COC3)c2c1. The summed E-state index contributed by atoms with van der Waals surface area (Å²) >= 11 is -1.81. The van der Waals surface area contributed by atoms with Crippen LogP contribution in [-0.2, 0) is 36.1 Å². The summed E-state index contributed by atoms with van der Waals surface area (Å²) in [6.07, 6.45) is 2.66. The normalized spacial score (nSPS) is 15.8. The number of aromatic nitrogens is 1. The Labute approximate surface area is 186 Å². The molecule has 0 spiro atoms. The van der Waals surface area contributed by atoms with Gasteiger partial charge in [0.05, 0.1) is 44.5 Å². The highest BCUT2D eigenvalue weighted by Gasteiger charge is 2.32. The molecule has 1 saturated heterocycles. The lowest BCUT2D eigenvalue weighted by atomic mass is 9.95. The molecule has 1 unspecified atom stereocenters. The fourth-order valence-electron chi connectivity index (χ4n) is 3.12. The number of fused-ring (bicyclic) bond motifs is 1. The topological polar surface area (TPSA) is 79.2 Å². The molecular weight excluding hydrogens is 420 g/mol. The van der Waals surface area contributed by atoms with Gasteiger partial charge in [-0.25, -0.2) is 8.18 Å². The van der Waals surface area contributed by atoms with E-state index in [0.717, 1.165) is 29.4 Å². The molecule has 1 atom stereocenters. The van der Waals surface area contributed by atoms with Crippen molar-refractivity contribution in [2.24, 2.45) is 11.3 Å². The molecule has 1 aromatic carbocycles. The van der Waals surface area contributed by atoms with Gasteiger partial charge in [-0.15, -0.1) is 0 Å². The van der Waals surface area contributed by atoms with Gasteiger partial charge in [0.1, 0.15) is 5.75 Å². The minimum absolute atomic E-state index is 0.0315. The van der Waals surface area contributed by atoms with Gasteiger partial charge in [0.25, 0.3) is 11.3 Å². The van der Waals surface area contributed by atoms with Crippen molar-refractivity contribution in [1.29, 1.82) is 0 Å². The number of methoxy groups -OCH3 is 1. The number of esters is 1. The highest BCUT2D eigenvalue weighted by molar-refractivity contribution is 7.78. The van der Waals surface area contributed by atoms with Gasteiger partial charge in [0.15, 0.2) is 0 Å². The van der Waals surface area contributed by atoms with Crippen molar-refractivity contribution in [2.75, 3.05) is 54.2 Å². The molecular formula is C22H32N2O6S. The maximum atomic E-state index is 13.0. The number of hydrogen-bond acceptors (Lipinski definition) is 7. The standard InChI is InChI=1S/C22H32N2O6S/c1-22(2,21(25)29-14-16-12-28-13-16)15-30-31(26)24-11-17(8-9-23(3)4)19-7-6-18(27-5)10-20(19)24/h6-7,10-11,16H,8-9,12-15H2,1-5H3. The van der Waals surface area contributed by atoms with E-state index in [-0.39, 0.29) is 18.5 Å². The first-order chi connectivity index (χ1) is 14.7. The summed E-state index contributed by atoms with van der Waals surface area (Å²) in [7, 11) is 5.63. The average Bonchev–Trinajstić information content (AvgIpc) is 3.07. The highest BCUT2D eigenvalue weighted by atomic mass is 32.2. The molecule has 1 aliphatic heterocycles. The molecule has 2 aromatic rings. The third kappa shape index (κ3) is 5.85. The largest absolute Gasteiger partial charge is 0.497 e. The smallest absolute Gasteiger partial charge is 0.313 e. The zero-order valence-corrected chi connectivity index (χ0v) is 19.7. The molecule has 2 heterocycles. The summed E-state index contributed by atoms with van der Waals surface area (Å²) < 4.78 is 36.1. The number of carbonyl (C=O) groups excluding carboxylic acids is 1. The fraction of sp³-hybridized carbons (Fsp3) is 0.591. The van der Waals surface area contributed by atoms with E-state index in [0.29, 0.717) is 25.6 Å². The van der Waals surface area contributed by atoms with Crippen molar-refractivity contribution in [3.05, 3.63) is 30.0 Å². The van der Waals surface area contributed by atoms with E-state index in [1.165, 1.54) is 0 Å². The Balaban J connectivity index is 1.72. The summed E-state index contributed by atoms with van der Waals surface area (Å²) in [6.45, 7) is 5.86. The molecule has 0 saturated carbocycles. The molecule has 0 N–H and O–H groups in total. The second-order valence-corrected chi connectivity index (χ2v) is 9.84. The Kier molecular flexibility index (Phi) is 7.74. The Bertz CT molecular complexity index is 935. The lowest BCUT2D eigenvalue weighted by Crippen LogP contribution is -2.37. The third-order valence-electron chi connectivity index (χ3n) is 5.28. The van der Waals surface area contributed by atoms with Crippen LogP contribution in [0.5, 0.6) is 5.75 Å². The van der Waals surface area contributed by atoms with Gasteiger partial charge in [-0.2, -0.15) is 0 Å². The summed E-state index contributed by atoms with van der Waals surface area (Å²) in [4.78, 5) is 14.5. The van der Waals surface area contributed by atoms with Gasteiger partial charge in [-0.3, -0.25) is 8.98 Å². The predicted octanol–water partition coefficient (Wildman–Crippen LogP) is 2.41. The van der Waals surface area contributed by atoms with Crippen LogP contribution in [-0.4, -0.2) is 73.2 Å². The molecule has 1 aromatic heterocycles. The maximum absolute atomic E-state index is 13.0. The molecule has 9 heteroatoms. The Hall–Kier alpha value is -1.94. The van der Waals surface area contributed by atoms with E-state index in [1.54, 1.807) is 24.9 Å². The quantitative estimate of drug-likeness (QED) is 0.485. The van der Waals surface area contributed by atoms with Crippen LogP contribution in [0.15, 0.2) is 24.4 Å². The van der Waals surface area contributed by atoms with Crippen molar-refractivity contribution >= 4 is 28.1 Å². The first-order valence-electron chi connectivity index (χ1n) is 10.3. The molecule has 1 aliphatic rings. The lowest BCUT2D eigenvalue weighted by molar-refractivity contribution is -0.162. The lowest BCUT2D eigenvalue weighted by Gasteiger charge is -2.28. The molecule has 8 nitrogen and oxygen atoms in total. The zero-order valence-electron chi connectivity index (χ0n) is 18.9. The van der Waals surface area contributed by atoms with Gasteiger partial charge in [-0.1, -0.05) is 0 Å². The summed E-state index contributed by atoms with van der Waals surface area (Å²) in [5.74, 6) is 0.561. The number of benzene rings is 1. The van der Waals surface area contributed by atoms with Crippen LogP contribution in [0, 0.1) is 11.3 Å². The van der Waals surface area contributed by atoms with Gasteiger partial charge in [0, 0.05) is 30.1 Å². The second-order valence-electron chi connectivity index (χ2n) is 8.78. The Morgan fingerprint density at radius 2 is 2.06 bits per heavy atom. The van der Waals surface area contributed by atoms with E-state index >= 15 is 0 Å². The van der Waals surface area contributed by atoms with E-state index in [9.17, 15) is 9.00 Å². The number of ether oxygens (including phenoxy) is 3. The molecule has 31 heavy (non-hydrogen) atoms. The monoisotopic (exact) mass is 452 g/mol. The van der Waals surface area contributed by atoms with Crippen LogP contribution in [0.4, 0.5) is 0 Å². The highest BCUT2D eigenvalue weighted by Crippen LogP contribution is 2.28. The van der Waals surface area contributed by atoms with E-state index in [1.807, 2.05) is 38.5 Å². The van der Waals surface area contributed by atoms with Gasteiger partial charge >= 0.3 is 5.97 Å². The Morgan fingerprint density at radius 1 is 1.32 bits per heavy atom. The van der Waals surface area contributed by atoms with Crippen molar-refractivity contribution < 1.29 is 27.4 Å². The summed E-state index contributed by atoms with van der Waals surface area (Å²) in [6, 6.07) is 5.70. The number of nitrogens with zero attached hydrogens (tertiary/aromatic N) is 2. The van der Waals surface area contributed by atoms with E-state index < -0.39 is 16.7 Å². The van der Waals surface area contributed by atoms with Crippen LogP contribution in [0.3, 0.4) is 0 Å². The van der Waals surface area contributed by atoms with E-state index in [2.05, 4.69) is 4.90 Å².